The van der Waals surface area contributed by atoms with Gasteiger partial charge in [-0.05, 0) is 29.7 Å². The smallest absolute Gasteiger partial charge is 0.419 e. The highest BCUT2D eigenvalue weighted by molar-refractivity contribution is 5.97. The number of aromatic nitrogens is 3. The summed E-state index contributed by atoms with van der Waals surface area (Å²) in [5.74, 6) is -6.19. The van der Waals surface area contributed by atoms with E-state index in [2.05, 4.69) is 9.97 Å². The van der Waals surface area contributed by atoms with E-state index in [9.17, 15) is 41.0 Å². The molecule has 1 saturated heterocycles. The first-order valence-corrected chi connectivity index (χ1v) is 14.5. The molecule has 0 radical (unpaired) electrons. The molecule has 1 aliphatic rings. The number of nitrogens with one attached hydrogen (secondary N) is 1. The van der Waals surface area contributed by atoms with Gasteiger partial charge in [0, 0.05) is 53.9 Å². The predicted octanol–water partition coefficient (Wildman–Crippen LogP) is 6.04. The van der Waals surface area contributed by atoms with Gasteiger partial charge in [0.1, 0.15) is 34.9 Å². The first kappa shape index (κ1) is 33.6. The molecule has 2 atom stereocenters. The van der Waals surface area contributed by atoms with Crippen LogP contribution in [0.2, 0.25) is 0 Å². The van der Waals surface area contributed by atoms with Crippen molar-refractivity contribution < 1.29 is 54.6 Å². The SMILES string of the molecule is O=C(NC(Cc1ccc(-c2ncc3ccccc3c2C(F)(F)F)c2nccn12)C(=O)O)c1c(F)cc(N2CCOCC2C(F)(F)F)cc1F. The lowest BCUT2D eigenvalue weighted by atomic mass is 9.99. The topological polar surface area (TPSA) is 109 Å². The molecule has 2 N–H and O–H groups in total. The highest BCUT2D eigenvalue weighted by Gasteiger charge is 2.46. The monoisotopic (exact) mass is 693 g/mol. The molecular weight excluding hydrogens is 670 g/mol. The summed E-state index contributed by atoms with van der Waals surface area (Å²) in [6.07, 6.45) is -6.23. The van der Waals surface area contributed by atoms with E-state index in [4.69, 9.17) is 4.74 Å². The van der Waals surface area contributed by atoms with Crippen LogP contribution in [0.1, 0.15) is 21.6 Å². The zero-order chi connectivity index (χ0) is 35.2. The summed E-state index contributed by atoms with van der Waals surface area (Å²) in [4.78, 5) is 34.1. The van der Waals surface area contributed by atoms with Crippen LogP contribution >= 0.6 is 0 Å². The molecule has 6 rings (SSSR count). The van der Waals surface area contributed by atoms with Crippen LogP contribution in [0.25, 0.3) is 27.7 Å². The van der Waals surface area contributed by atoms with Crippen molar-refractivity contribution in [3.8, 4) is 11.3 Å². The molecule has 0 saturated carbocycles. The fourth-order valence-corrected chi connectivity index (χ4v) is 5.84. The predicted molar refractivity (Wildman–Crippen MR) is 158 cm³/mol. The van der Waals surface area contributed by atoms with E-state index in [1.807, 2.05) is 5.32 Å². The van der Waals surface area contributed by atoms with Crippen LogP contribution in [-0.2, 0) is 22.1 Å². The molecule has 4 heterocycles. The maximum Gasteiger partial charge on any atom is 0.419 e. The van der Waals surface area contributed by atoms with E-state index < -0.39 is 83.5 Å². The number of alkyl halides is 6. The Hall–Kier alpha value is -5.32. The number of morpholine rings is 1. The molecule has 3 aromatic heterocycles. The van der Waals surface area contributed by atoms with Gasteiger partial charge in [-0.1, -0.05) is 24.3 Å². The molecular formula is C32H23F8N5O4. The van der Waals surface area contributed by atoms with Gasteiger partial charge in [0.25, 0.3) is 5.91 Å². The lowest BCUT2D eigenvalue weighted by Crippen LogP contribution is -2.53. The van der Waals surface area contributed by atoms with Crippen LogP contribution in [0.4, 0.5) is 40.8 Å². The normalized spacial score (nSPS) is 16.2. The van der Waals surface area contributed by atoms with Gasteiger partial charge < -0.3 is 24.5 Å². The third kappa shape index (κ3) is 6.45. The number of ether oxygens (including phenoxy) is 1. The molecule has 9 nitrogen and oxygen atoms in total. The number of anilines is 1. The number of carbonyl (C=O) groups is 2. The number of carboxylic acid groups (broad SMARTS) is 1. The Morgan fingerprint density at radius 3 is 2.41 bits per heavy atom. The van der Waals surface area contributed by atoms with Gasteiger partial charge in [0.05, 0.1) is 24.5 Å². The number of benzene rings is 2. The summed E-state index contributed by atoms with van der Waals surface area (Å²) < 4.78 is 120. The summed E-state index contributed by atoms with van der Waals surface area (Å²) in [6.45, 7) is -1.26. The molecule has 256 valence electrons. The van der Waals surface area contributed by atoms with Crippen molar-refractivity contribution in [2.24, 2.45) is 0 Å². The van der Waals surface area contributed by atoms with E-state index in [1.165, 1.54) is 53.3 Å². The Balaban J connectivity index is 1.30. The number of aliphatic carboxylic acids is 1. The minimum atomic E-state index is -4.81. The standard InChI is InChI=1S/C32H23F8N5O4/c33-21-11-18(44-9-10-49-15-24(44)31(35,36)37)12-22(34)25(21)29(46)43-23(30(47)48)13-17-5-6-20(28-41-7-8-45(17)28)27-26(32(38,39)40)19-4-2-1-3-16(19)14-42-27/h1-8,11-12,14,23-24H,9-10,13,15H2,(H,43,46)(H,47,48). The van der Waals surface area contributed by atoms with Crippen molar-refractivity contribution in [1.82, 2.24) is 19.7 Å². The van der Waals surface area contributed by atoms with Crippen molar-refractivity contribution in [1.29, 1.82) is 0 Å². The zero-order valence-electron chi connectivity index (χ0n) is 24.8. The Labute approximate surface area is 270 Å². The number of amides is 1. The van der Waals surface area contributed by atoms with E-state index in [-0.39, 0.29) is 40.8 Å². The second-order valence-corrected chi connectivity index (χ2v) is 11.1. The Bertz CT molecular complexity index is 2060. The average Bonchev–Trinajstić information content (AvgIpc) is 3.53. The van der Waals surface area contributed by atoms with Crippen molar-refractivity contribution in [3.63, 3.8) is 0 Å². The highest BCUT2D eigenvalue weighted by atomic mass is 19.4. The molecule has 5 aromatic rings. The van der Waals surface area contributed by atoms with Crippen LogP contribution in [-0.4, -0.2) is 69.4 Å². The first-order valence-electron chi connectivity index (χ1n) is 14.5. The number of carboxylic acids is 1. The average molecular weight is 694 g/mol. The number of fused-ring (bicyclic) bond motifs is 2. The zero-order valence-corrected chi connectivity index (χ0v) is 24.8. The van der Waals surface area contributed by atoms with E-state index in [0.717, 1.165) is 0 Å². The number of nitrogens with zero attached hydrogens (tertiary/aromatic N) is 4. The van der Waals surface area contributed by atoms with Gasteiger partial charge >= 0.3 is 18.3 Å². The van der Waals surface area contributed by atoms with Crippen LogP contribution in [0.5, 0.6) is 0 Å². The molecule has 0 bridgehead atoms. The second kappa shape index (κ2) is 12.6. The number of hydrogen-bond donors (Lipinski definition) is 2. The summed E-state index contributed by atoms with van der Waals surface area (Å²) in [5.41, 5.74) is -3.06. The minimum Gasteiger partial charge on any atom is -0.480 e. The Morgan fingerprint density at radius 2 is 1.73 bits per heavy atom. The summed E-state index contributed by atoms with van der Waals surface area (Å²) in [6, 6.07) is 5.45. The lowest BCUT2D eigenvalue weighted by molar-refractivity contribution is -0.167. The minimum absolute atomic E-state index is 0.0193. The van der Waals surface area contributed by atoms with Crippen molar-refractivity contribution in [2.45, 2.75) is 30.9 Å². The van der Waals surface area contributed by atoms with E-state index in [1.54, 1.807) is 6.07 Å². The molecule has 0 spiro atoms. The molecule has 49 heavy (non-hydrogen) atoms. The third-order valence-electron chi connectivity index (χ3n) is 8.08. The Kier molecular flexibility index (Phi) is 8.64. The van der Waals surface area contributed by atoms with Gasteiger partial charge in [0.2, 0.25) is 0 Å². The quantitative estimate of drug-likeness (QED) is 0.200. The number of rotatable bonds is 7. The largest absolute Gasteiger partial charge is 0.480 e. The van der Waals surface area contributed by atoms with Crippen molar-refractivity contribution in [3.05, 3.63) is 95.6 Å². The van der Waals surface area contributed by atoms with E-state index in [0.29, 0.717) is 17.0 Å². The number of carbonyl (C=O) groups excluding carboxylic acids is 1. The van der Waals surface area contributed by atoms with Gasteiger partial charge in [0.15, 0.2) is 0 Å². The Morgan fingerprint density at radius 1 is 1.02 bits per heavy atom. The van der Waals surface area contributed by atoms with Gasteiger partial charge in [-0.25, -0.2) is 18.6 Å². The van der Waals surface area contributed by atoms with Crippen LogP contribution < -0.4 is 10.2 Å². The molecule has 1 fully saturated rings. The molecule has 1 amide bonds. The number of pyridine rings is 2. The number of hydrogen-bond acceptors (Lipinski definition) is 6. The maximum atomic E-state index is 15.1. The maximum absolute atomic E-state index is 15.1. The van der Waals surface area contributed by atoms with Crippen LogP contribution in [0.3, 0.4) is 0 Å². The van der Waals surface area contributed by atoms with Crippen molar-refractivity contribution in [2.75, 3.05) is 24.7 Å². The van der Waals surface area contributed by atoms with Gasteiger partial charge in [-0.2, -0.15) is 26.3 Å². The molecule has 17 heteroatoms. The van der Waals surface area contributed by atoms with Gasteiger partial charge in [-0.15, -0.1) is 0 Å². The fourth-order valence-electron chi connectivity index (χ4n) is 5.84. The number of halogens is 8. The summed E-state index contributed by atoms with van der Waals surface area (Å²) in [5, 5.41) is 12.1. The van der Waals surface area contributed by atoms with Gasteiger partial charge in [-0.3, -0.25) is 9.78 Å². The van der Waals surface area contributed by atoms with E-state index >= 15 is 8.78 Å². The highest BCUT2D eigenvalue weighted by Crippen LogP contribution is 2.41. The number of imidazole rings is 1. The summed E-state index contributed by atoms with van der Waals surface area (Å²) >= 11 is 0. The van der Waals surface area contributed by atoms with Crippen LogP contribution in [0, 0.1) is 11.6 Å². The third-order valence-corrected chi connectivity index (χ3v) is 8.08. The molecule has 0 aliphatic carbocycles. The molecule has 2 aromatic carbocycles. The van der Waals surface area contributed by atoms with Crippen molar-refractivity contribution >= 4 is 34.0 Å². The second-order valence-electron chi connectivity index (χ2n) is 11.1. The van der Waals surface area contributed by atoms with Crippen LogP contribution in [0.15, 0.2) is 67.1 Å². The summed E-state index contributed by atoms with van der Waals surface area (Å²) in [7, 11) is 0. The first-order chi connectivity index (χ1) is 23.1. The molecule has 1 aliphatic heterocycles. The lowest BCUT2D eigenvalue weighted by Gasteiger charge is -2.38. The molecule has 2 unspecified atom stereocenters. The fraction of sp³-hybridized carbons (Fsp3) is 0.250.